The van der Waals surface area contributed by atoms with E-state index in [1.165, 1.54) is 0 Å². The molecule has 0 radical (unpaired) electrons. The van der Waals surface area contributed by atoms with Gasteiger partial charge in [0, 0.05) is 12.7 Å². The minimum Gasteiger partial charge on any atom is -0.508 e. The predicted octanol–water partition coefficient (Wildman–Crippen LogP) is 7.18. The molecule has 3 aromatic rings. The zero-order chi connectivity index (χ0) is 26.0. The molecule has 5 nitrogen and oxygen atoms in total. The largest absolute Gasteiger partial charge is 0.508 e. The highest BCUT2D eigenvalue weighted by atomic mass is 127. The summed E-state index contributed by atoms with van der Waals surface area (Å²) in [6.07, 6.45) is 0. The molecular weight excluding hydrogens is 690 g/mol. The zero-order valence-corrected chi connectivity index (χ0v) is 25.5. The molecule has 0 aromatic heterocycles. The van der Waals surface area contributed by atoms with E-state index < -0.39 is 15.7 Å². The van der Waals surface area contributed by atoms with Crippen LogP contribution in [0.5, 0.6) is 11.5 Å². The van der Waals surface area contributed by atoms with E-state index in [9.17, 15) is 18.6 Å². The van der Waals surface area contributed by atoms with Crippen LogP contribution in [-0.2, 0) is 19.9 Å². The summed E-state index contributed by atoms with van der Waals surface area (Å²) in [5, 5.41) is 21.2. The summed E-state index contributed by atoms with van der Waals surface area (Å²) in [4.78, 5) is 0.172. The first-order valence-corrected chi connectivity index (χ1v) is 14.9. The Morgan fingerprint density at radius 3 is 1.69 bits per heavy atom. The summed E-state index contributed by atoms with van der Waals surface area (Å²) in [6.45, 7) is 11.6. The first-order valence-electron chi connectivity index (χ1n) is 11.3. The second kappa shape index (κ2) is 9.18. The quantitative estimate of drug-likeness (QED) is 0.221. The lowest BCUT2D eigenvalue weighted by Crippen LogP contribution is -2.33. The van der Waals surface area contributed by atoms with E-state index in [-0.39, 0.29) is 28.2 Å². The first kappa shape index (κ1) is 26.7. The number of phenolic OH excluding ortho intramolecular Hbond substituents is 2. The maximum absolute atomic E-state index is 13.7. The average Bonchev–Trinajstić information content (AvgIpc) is 3.01. The molecule has 186 valence electrons. The van der Waals surface area contributed by atoms with E-state index in [1.807, 2.05) is 52.0 Å². The number of aromatic hydroxyl groups is 2. The molecule has 8 heteroatoms. The van der Waals surface area contributed by atoms with Crippen molar-refractivity contribution in [3.05, 3.63) is 82.5 Å². The van der Waals surface area contributed by atoms with Crippen LogP contribution in [0.2, 0.25) is 0 Å². The van der Waals surface area contributed by atoms with Gasteiger partial charge in [-0.1, -0.05) is 33.8 Å². The van der Waals surface area contributed by atoms with Gasteiger partial charge in [0.2, 0.25) is 0 Å². The van der Waals surface area contributed by atoms with E-state index in [0.29, 0.717) is 31.4 Å². The molecule has 0 atom stereocenters. The van der Waals surface area contributed by atoms with Crippen molar-refractivity contribution in [2.75, 3.05) is 0 Å². The highest BCUT2D eigenvalue weighted by molar-refractivity contribution is 14.1. The molecule has 0 amide bonds. The highest BCUT2D eigenvalue weighted by Crippen LogP contribution is 2.56. The average molecular weight is 718 g/mol. The number of aryl methyl sites for hydroxylation is 2. The molecule has 0 unspecified atom stereocenters. The molecule has 1 aliphatic rings. The van der Waals surface area contributed by atoms with Crippen LogP contribution >= 0.6 is 45.2 Å². The summed E-state index contributed by atoms with van der Waals surface area (Å²) in [5.74, 6) is 0.258. The Hall–Kier alpha value is -1.37. The van der Waals surface area contributed by atoms with E-state index >= 15 is 0 Å². The third-order valence-electron chi connectivity index (χ3n) is 6.65. The van der Waals surface area contributed by atoms with Gasteiger partial charge in [-0.15, -0.1) is 0 Å². The SMILES string of the molecule is Cc1cc(C2(c3cc(C)c(O)cc3C(C)C)OS(=O)(=O)c3c2ccc(I)c3I)c(C(C)C)cc1O. The molecule has 2 N–H and O–H groups in total. The van der Waals surface area contributed by atoms with E-state index in [2.05, 4.69) is 45.2 Å². The number of hydrogen-bond acceptors (Lipinski definition) is 5. The molecule has 1 heterocycles. The van der Waals surface area contributed by atoms with Crippen LogP contribution in [0.4, 0.5) is 0 Å². The van der Waals surface area contributed by atoms with Gasteiger partial charge >= 0.3 is 0 Å². The van der Waals surface area contributed by atoms with Crippen molar-refractivity contribution in [2.45, 2.75) is 63.9 Å². The van der Waals surface area contributed by atoms with Crippen LogP contribution in [0.1, 0.15) is 78.5 Å². The minimum absolute atomic E-state index is 0.0210. The third-order valence-corrected chi connectivity index (χ3v) is 11.5. The van der Waals surface area contributed by atoms with Crippen LogP contribution in [0.15, 0.2) is 41.3 Å². The van der Waals surface area contributed by atoms with Gasteiger partial charge in [0.15, 0.2) is 5.60 Å². The number of rotatable bonds is 4. The van der Waals surface area contributed by atoms with Gasteiger partial charge in [-0.25, -0.2) is 4.18 Å². The number of benzene rings is 3. The monoisotopic (exact) mass is 718 g/mol. The Bertz CT molecular complexity index is 1400. The molecule has 0 bridgehead atoms. The number of halogens is 2. The fraction of sp³-hybridized carbons (Fsp3) is 0.333. The molecule has 0 spiro atoms. The molecule has 0 saturated heterocycles. The van der Waals surface area contributed by atoms with Crippen molar-refractivity contribution in [2.24, 2.45) is 0 Å². The standard InChI is InChI=1S/C27H28I2O5S/c1-13(2)17-11-23(30)15(5)9-20(17)27(21-10-16(6)24(31)12-18(21)14(3)4)19-7-8-22(28)25(29)26(19)35(32,33)34-27/h7-14,30-31H,1-6H3. The minimum atomic E-state index is -4.13. The molecular formula is C27H28I2O5S. The number of fused-ring (bicyclic) bond motifs is 1. The van der Waals surface area contributed by atoms with Gasteiger partial charge in [-0.3, -0.25) is 0 Å². The molecule has 4 rings (SSSR count). The van der Waals surface area contributed by atoms with Gasteiger partial charge in [0.05, 0.1) is 0 Å². The number of hydrogen-bond donors (Lipinski definition) is 2. The van der Waals surface area contributed by atoms with Crippen LogP contribution in [0.25, 0.3) is 0 Å². The van der Waals surface area contributed by atoms with Crippen molar-refractivity contribution in [3.8, 4) is 11.5 Å². The summed E-state index contributed by atoms with van der Waals surface area (Å²) >= 11 is 4.21. The second-order valence-electron chi connectivity index (χ2n) is 9.72. The fourth-order valence-corrected chi connectivity index (χ4v) is 8.22. The topological polar surface area (TPSA) is 83.8 Å². The Labute approximate surface area is 234 Å². The van der Waals surface area contributed by atoms with Crippen LogP contribution < -0.4 is 0 Å². The van der Waals surface area contributed by atoms with Crippen molar-refractivity contribution < 1.29 is 22.8 Å². The zero-order valence-electron chi connectivity index (χ0n) is 20.4. The van der Waals surface area contributed by atoms with E-state index in [0.717, 1.165) is 14.7 Å². The van der Waals surface area contributed by atoms with Gasteiger partial charge in [0.25, 0.3) is 10.1 Å². The normalized spacial score (nSPS) is 16.2. The smallest absolute Gasteiger partial charge is 0.300 e. The van der Waals surface area contributed by atoms with Crippen LogP contribution in [0.3, 0.4) is 0 Å². The molecule has 0 fully saturated rings. The van der Waals surface area contributed by atoms with E-state index in [4.69, 9.17) is 4.18 Å². The van der Waals surface area contributed by atoms with Gasteiger partial charge in [0.1, 0.15) is 16.4 Å². The maximum Gasteiger partial charge on any atom is 0.300 e. The molecule has 1 aliphatic heterocycles. The Kier molecular flexibility index (Phi) is 7.00. The van der Waals surface area contributed by atoms with Crippen LogP contribution in [0, 0.1) is 21.0 Å². The maximum atomic E-state index is 13.7. The van der Waals surface area contributed by atoms with E-state index in [1.54, 1.807) is 26.0 Å². The molecule has 0 saturated carbocycles. The Morgan fingerprint density at radius 1 is 0.800 bits per heavy atom. The van der Waals surface area contributed by atoms with Crippen molar-refractivity contribution >= 4 is 55.3 Å². The molecule has 3 aromatic carbocycles. The van der Waals surface area contributed by atoms with Crippen molar-refractivity contribution in [3.63, 3.8) is 0 Å². The first-order chi connectivity index (χ1) is 16.2. The number of phenols is 2. The van der Waals surface area contributed by atoms with Gasteiger partial charge in [-0.2, -0.15) is 8.42 Å². The lowest BCUT2D eigenvalue weighted by molar-refractivity contribution is 0.176. The lowest BCUT2D eigenvalue weighted by Gasteiger charge is -2.35. The summed E-state index contributed by atoms with van der Waals surface area (Å²) in [7, 11) is -4.13. The molecule has 0 aliphatic carbocycles. The fourth-order valence-electron chi connectivity index (χ4n) is 4.82. The summed E-state index contributed by atoms with van der Waals surface area (Å²) in [5.41, 5.74) is 3.26. The van der Waals surface area contributed by atoms with Gasteiger partial charge in [-0.05, 0) is 135 Å². The predicted molar refractivity (Wildman–Crippen MR) is 154 cm³/mol. The Balaban J connectivity index is 2.30. The third kappa shape index (κ3) is 4.18. The molecule has 35 heavy (non-hydrogen) atoms. The lowest BCUT2D eigenvalue weighted by atomic mass is 9.73. The highest BCUT2D eigenvalue weighted by Gasteiger charge is 2.54. The second-order valence-corrected chi connectivity index (χ2v) is 13.4. The van der Waals surface area contributed by atoms with Crippen LogP contribution in [-0.4, -0.2) is 18.6 Å². The summed E-state index contributed by atoms with van der Waals surface area (Å²) < 4.78 is 35.2. The van der Waals surface area contributed by atoms with Crippen molar-refractivity contribution in [1.82, 2.24) is 0 Å². The van der Waals surface area contributed by atoms with Crippen molar-refractivity contribution in [1.29, 1.82) is 0 Å². The summed E-state index contributed by atoms with van der Waals surface area (Å²) in [6, 6.07) is 10.8. The van der Waals surface area contributed by atoms with Gasteiger partial charge < -0.3 is 10.2 Å². The Morgan fingerprint density at radius 2 is 1.26 bits per heavy atom.